The van der Waals surface area contributed by atoms with Gasteiger partial charge in [0, 0.05) is 19.6 Å². The summed E-state index contributed by atoms with van der Waals surface area (Å²) in [6.45, 7) is 10.4. The zero-order valence-electron chi connectivity index (χ0n) is 11.2. The van der Waals surface area contributed by atoms with Gasteiger partial charge in [0.15, 0.2) is 0 Å². The molecule has 2 fully saturated rings. The lowest BCUT2D eigenvalue weighted by Crippen LogP contribution is -2.49. The van der Waals surface area contributed by atoms with Gasteiger partial charge in [-0.1, -0.05) is 13.8 Å². The monoisotopic (exact) mass is 260 g/mol. The highest BCUT2D eigenvalue weighted by atomic mass is 35.5. The summed E-state index contributed by atoms with van der Waals surface area (Å²) in [5, 5.41) is 3.31. The van der Waals surface area contributed by atoms with E-state index in [4.69, 9.17) is 0 Å². The first-order chi connectivity index (χ1) is 7.51. The minimum atomic E-state index is -0.142. The third-order valence-corrected chi connectivity index (χ3v) is 4.04. The second-order valence-corrected chi connectivity index (χ2v) is 6.14. The standard InChI is InChI=1S/C13H24N2O.ClH/c1-10-6-11(2)8-15(7-10)12(16)13(3)4-5-14-9-13;/h10-11,14H,4-9H2,1-3H3;1H. The van der Waals surface area contributed by atoms with Crippen LogP contribution in [0.15, 0.2) is 0 Å². The predicted molar refractivity (Wildman–Crippen MR) is 72.4 cm³/mol. The maximum absolute atomic E-state index is 12.5. The summed E-state index contributed by atoms with van der Waals surface area (Å²) in [6, 6.07) is 0. The summed E-state index contributed by atoms with van der Waals surface area (Å²) in [4.78, 5) is 14.6. The average Bonchev–Trinajstić information content (AvgIpc) is 2.64. The van der Waals surface area contributed by atoms with Gasteiger partial charge >= 0.3 is 0 Å². The molecule has 17 heavy (non-hydrogen) atoms. The molecule has 2 rings (SSSR count). The summed E-state index contributed by atoms with van der Waals surface area (Å²) in [5.41, 5.74) is -0.142. The van der Waals surface area contributed by atoms with Crippen LogP contribution >= 0.6 is 12.4 Å². The van der Waals surface area contributed by atoms with E-state index in [9.17, 15) is 4.79 Å². The molecule has 2 heterocycles. The zero-order chi connectivity index (χ0) is 11.8. The van der Waals surface area contributed by atoms with Crippen LogP contribution in [0, 0.1) is 17.3 Å². The summed E-state index contributed by atoms with van der Waals surface area (Å²) in [6.07, 6.45) is 2.25. The van der Waals surface area contributed by atoms with Gasteiger partial charge in [0.05, 0.1) is 5.41 Å². The summed E-state index contributed by atoms with van der Waals surface area (Å²) < 4.78 is 0. The van der Waals surface area contributed by atoms with E-state index in [1.54, 1.807) is 0 Å². The lowest BCUT2D eigenvalue weighted by molar-refractivity contribution is -0.143. The van der Waals surface area contributed by atoms with Gasteiger partial charge in [-0.2, -0.15) is 0 Å². The van der Waals surface area contributed by atoms with Crippen LogP contribution in [-0.2, 0) is 4.79 Å². The minimum Gasteiger partial charge on any atom is -0.342 e. The Labute approximate surface area is 111 Å². The van der Waals surface area contributed by atoms with Crippen molar-refractivity contribution in [2.24, 2.45) is 17.3 Å². The van der Waals surface area contributed by atoms with Crippen LogP contribution < -0.4 is 5.32 Å². The number of rotatable bonds is 1. The molecule has 2 saturated heterocycles. The third kappa shape index (κ3) is 3.14. The van der Waals surface area contributed by atoms with Crippen molar-refractivity contribution in [2.75, 3.05) is 26.2 Å². The van der Waals surface area contributed by atoms with Gasteiger partial charge in [0.2, 0.25) is 5.91 Å². The quantitative estimate of drug-likeness (QED) is 0.781. The molecular weight excluding hydrogens is 236 g/mol. The lowest BCUT2D eigenvalue weighted by atomic mass is 9.85. The Morgan fingerprint density at radius 3 is 2.35 bits per heavy atom. The van der Waals surface area contributed by atoms with E-state index in [2.05, 4.69) is 31.0 Å². The molecule has 0 aliphatic carbocycles. The number of nitrogens with one attached hydrogen (secondary N) is 1. The van der Waals surface area contributed by atoms with Gasteiger partial charge in [-0.05, 0) is 38.1 Å². The van der Waals surface area contributed by atoms with Crippen molar-refractivity contribution < 1.29 is 4.79 Å². The molecule has 3 nitrogen and oxygen atoms in total. The third-order valence-electron chi connectivity index (χ3n) is 4.04. The number of likely N-dealkylation sites (tertiary alicyclic amines) is 1. The van der Waals surface area contributed by atoms with Crippen LogP contribution in [0.1, 0.15) is 33.6 Å². The fourth-order valence-corrected chi connectivity index (χ4v) is 3.21. The Balaban J connectivity index is 0.00000144. The van der Waals surface area contributed by atoms with Crippen molar-refractivity contribution in [2.45, 2.75) is 33.6 Å². The summed E-state index contributed by atoms with van der Waals surface area (Å²) in [5.74, 6) is 1.69. The number of hydrogen-bond acceptors (Lipinski definition) is 2. The SMILES string of the molecule is CC1CC(C)CN(C(=O)C2(C)CCNC2)C1.Cl. The fourth-order valence-electron chi connectivity index (χ4n) is 3.21. The molecule has 0 saturated carbocycles. The van der Waals surface area contributed by atoms with Gasteiger partial charge in [0.1, 0.15) is 0 Å². The van der Waals surface area contributed by atoms with Crippen molar-refractivity contribution in [3.8, 4) is 0 Å². The highest BCUT2D eigenvalue weighted by Crippen LogP contribution is 2.30. The van der Waals surface area contributed by atoms with Gasteiger partial charge in [0.25, 0.3) is 0 Å². The first-order valence-corrected chi connectivity index (χ1v) is 6.51. The van der Waals surface area contributed by atoms with Crippen LogP contribution in [0.4, 0.5) is 0 Å². The number of carbonyl (C=O) groups is 1. The van der Waals surface area contributed by atoms with Crippen molar-refractivity contribution in [1.82, 2.24) is 10.2 Å². The molecule has 0 spiro atoms. The van der Waals surface area contributed by atoms with Crippen LogP contribution in [0.25, 0.3) is 0 Å². The molecule has 2 aliphatic heterocycles. The molecule has 3 atom stereocenters. The largest absolute Gasteiger partial charge is 0.342 e. The molecule has 0 aromatic heterocycles. The van der Waals surface area contributed by atoms with Crippen molar-refractivity contribution in [3.05, 3.63) is 0 Å². The Morgan fingerprint density at radius 1 is 1.29 bits per heavy atom. The molecule has 1 N–H and O–H groups in total. The van der Waals surface area contributed by atoms with E-state index in [0.29, 0.717) is 17.7 Å². The smallest absolute Gasteiger partial charge is 0.229 e. The van der Waals surface area contributed by atoms with E-state index in [0.717, 1.165) is 32.6 Å². The predicted octanol–water partition coefficient (Wildman–Crippen LogP) is 1.91. The van der Waals surface area contributed by atoms with Crippen LogP contribution in [0.2, 0.25) is 0 Å². The zero-order valence-corrected chi connectivity index (χ0v) is 12.0. The molecule has 0 bridgehead atoms. The topological polar surface area (TPSA) is 32.3 Å². The molecule has 0 aromatic rings. The molecule has 1 amide bonds. The molecular formula is C13H25ClN2O. The Morgan fingerprint density at radius 2 is 1.88 bits per heavy atom. The second-order valence-electron chi connectivity index (χ2n) is 6.14. The Hall–Kier alpha value is -0.280. The van der Waals surface area contributed by atoms with Crippen molar-refractivity contribution in [3.63, 3.8) is 0 Å². The molecule has 2 aliphatic rings. The van der Waals surface area contributed by atoms with Gasteiger partial charge in [-0.25, -0.2) is 0 Å². The maximum Gasteiger partial charge on any atom is 0.229 e. The van der Waals surface area contributed by atoms with E-state index in [1.807, 2.05) is 0 Å². The lowest BCUT2D eigenvalue weighted by Gasteiger charge is -2.39. The summed E-state index contributed by atoms with van der Waals surface area (Å²) in [7, 11) is 0. The Bertz CT molecular complexity index is 267. The van der Waals surface area contributed by atoms with E-state index in [1.165, 1.54) is 6.42 Å². The minimum absolute atomic E-state index is 0. The second kappa shape index (κ2) is 5.57. The maximum atomic E-state index is 12.5. The van der Waals surface area contributed by atoms with E-state index >= 15 is 0 Å². The molecule has 4 heteroatoms. The van der Waals surface area contributed by atoms with Crippen LogP contribution in [0.3, 0.4) is 0 Å². The van der Waals surface area contributed by atoms with Gasteiger partial charge in [-0.3, -0.25) is 4.79 Å². The average molecular weight is 261 g/mol. The summed E-state index contributed by atoms with van der Waals surface area (Å²) >= 11 is 0. The Kier molecular flexibility index (Phi) is 4.85. The molecule has 3 unspecified atom stereocenters. The molecule has 0 radical (unpaired) electrons. The van der Waals surface area contributed by atoms with Crippen LogP contribution in [0.5, 0.6) is 0 Å². The van der Waals surface area contributed by atoms with Gasteiger partial charge < -0.3 is 10.2 Å². The highest BCUT2D eigenvalue weighted by molar-refractivity contribution is 5.85. The first kappa shape index (κ1) is 14.8. The number of hydrogen-bond donors (Lipinski definition) is 1. The van der Waals surface area contributed by atoms with Gasteiger partial charge in [-0.15, -0.1) is 12.4 Å². The normalized spacial score (nSPS) is 37.7. The molecule has 100 valence electrons. The van der Waals surface area contributed by atoms with Crippen molar-refractivity contribution >= 4 is 18.3 Å². The fraction of sp³-hybridized carbons (Fsp3) is 0.923. The number of nitrogens with zero attached hydrogens (tertiary/aromatic N) is 1. The van der Waals surface area contributed by atoms with Crippen molar-refractivity contribution in [1.29, 1.82) is 0 Å². The number of carbonyl (C=O) groups excluding carboxylic acids is 1. The van der Waals surface area contributed by atoms with E-state index in [-0.39, 0.29) is 17.8 Å². The number of halogens is 1. The number of piperidine rings is 1. The number of amides is 1. The molecule has 0 aromatic carbocycles. The highest BCUT2D eigenvalue weighted by Gasteiger charge is 2.40. The van der Waals surface area contributed by atoms with E-state index < -0.39 is 0 Å². The first-order valence-electron chi connectivity index (χ1n) is 6.51. The van der Waals surface area contributed by atoms with Crippen LogP contribution in [-0.4, -0.2) is 37.0 Å².